The molecule has 0 bridgehead atoms. The lowest BCUT2D eigenvalue weighted by molar-refractivity contribution is -0.124. The zero-order chi connectivity index (χ0) is 12.1. The van der Waals surface area contributed by atoms with E-state index in [-0.39, 0.29) is 17.9 Å². The Morgan fingerprint density at radius 2 is 2.31 bits per heavy atom. The Bertz CT molecular complexity index is 321. The number of hydrogen-bond donors (Lipinski definition) is 3. The fourth-order valence-corrected chi connectivity index (χ4v) is 1.40. The second kappa shape index (κ2) is 5.65. The third-order valence-corrected chi connectivity index (χ3v) is 2.60. The maximum Gasteiger partial charge on any atom is 0.237 e. The van der Waals surface area contributed by atoms with Crippen molar-refractivity contribution in [3.05, 3.63) is 18.2 Å². The molecule has 90 valence electrons. The lowest BCUT2D eigenvalue weighted by atomic mass is 10.0. The fourth-order valence-electron chi connectivity index (χ4n) is 1.40. The Kier molecular flexibility index (Phi) is 4.49. The molecule has 1 rings (SSSR count). The van der Waals surface area contributed by atoms with Gasteiger partial charge in [0.15, 0.2) is 0 Å². The standard InChI is InChI=1S/C11H20N4O/c1-4-8(10-13-5-6-14-10)15-11(16)9(12)7(2)3/h5-9H,4,12H2,1-3H3,(H,13,14)(H,15,16). The van der Waals surface area contributed by atoms with Crippen molar-refractivity contribution in [1.29, 1.82) is 0 Å². The molecule has 0 aliphatic rings. The molecule has 4 N–H and O–H groups in total. The summed E-state index contributed by atoms with van der Waals surface area (Å²) in [7, 11) is 0. The van der Waals surface area contributed by atoms with E-state index in [1.807, 2.05) is 20.8 Å². The van der Waals surface area contributed by atoms with E-state index >= 15 is 0 Å². The summed E-state index contributed by atoms with van der Waals surface area (Å²) >= 11 is 0. The van der Waals surface area contributed by atoms with Gasteiger partial charge in [0.1, 0.15) is 5.82 Å². The zero-order valence-electron chi connectivity index (χ0n) is 10.0. The number of carbonyl (C=O) groups is 1. The maximum atomic E-state index is 11.8. The van der Waals surface area contributed by atoms with Gasteiger partial charge in [0.2, 0.25) is 5.91 Å². The molecule has 1 aromatic heterocycles. The zero-order valence-corrected chi connectivity index (χ0v) is 10.0. The van der Waals surface area contributed by atoms with Gasteiger partial charge >= 0.3 is 0 Å². The molecule has 0 aliphatic carbocycles. The summed E-state index contributed by atoms with van der Waals surface area (Å²) < 4.78 is 0. The van der Waals surface area contributed by atoms with E-state index in [1.165, 1.54) is 0 Å². The third-order valence-electron chi connectivity index (χ3n) is 2.60. The average Bonchev–Trinajstić information content (AvgIpc) is 2.77. The van der Waals surface area contributed by atoms with Crippen molar-refractivity contribution in [2.75, 3.05) is 0 Å². The molecule has 1 aromatic rings. The Morgan fingerprint density at radius 1 is 1.62 bits per heavy atom. The lowest BCUT2D eigenvalue weighted by Gasteiger charge is -2.20. The monoisotopic (exact) mass is 224 g/mol. The molecule has 2 unspecified atom stereocenters. The minimum Gasteiger partial charge on any atom is -0.347 e. The van der Waals surface area contributed by atoms with Gasteiger partial charge < -0.3 is 16.0 Å². The quantitative estimate of drug-likeness (QED) is 0.696. The van der Waals surface area contributed by atoms with Crippen LogP contribution in [0.25, 0.3) is 0 Å². The SMILES string of the molecule is CCC(NC(=O)C(N)C(C)C)c1ncc[nH]1. The Balaban J connectivity index is 2.61. The molecule has 1 heterocycles. The van der Waals surface area contributed by atoms with Crippen LogP contribution in [0.4, 0.5) is 0 Å². The summed E-state index contributed by atoms with van der Waals surface area (Å²) in [5.41, 5.74) is 5.77. The van der Waals surface area contributed by atoms with Crippen molar-refractivity contribution in [2.24, 2.45) is 11.7 Å². The molecule has 16 heavy (non-hydrogen) atoms. The molecule has 0 fully saturated rings. The van der Waals surface area contributed by atoms with Gasteiger partial charge in [-0.2, -0.15) is 0 Å². The lowest BCUT2D eigenvalue weighted by Crippen LogP contribution is -2.45. The van der Waals surface area contributed by atoms with Crippen LogP contribution in [-0.4, -0.2) is 21.9 Å². The third kappa shape index (κ3) is 3.06. The Hall–Kier alpha value is -1.36. The average molecular weight is 224 g/mol. The van der Waals surface area contributed by atoms with Crippen LogP contribution >= 0.6 is 0 Å². The molecule has 1 amide bonds. The van der Waals surface area contributed by atoms with Crippen molar-refractivity contribution in [1.82, 2.24) is 15.3 Å². The smallest absolute Gasteiger partial charge is 0.237 e. The number of hydrogen-bond acceptors (Lipinski definition) is 3. The van der Waals surface area contributed by atoms with Gasteiger partial charge in [0.25, 0.3) is 0 Å². The second-order valence-corrected chi connectivity index (χ2v) is 4.21. The number of imidazole rings is 1. The highest BCUT2D eigenvalue weighted by atomic mass is 16.2. The normalized spacial score (nSPS) is 14.8. The summed E-state index contributed by atoms with van der Waals surface area (Å²) in [4.78, 5) is 18.9. The molecule has 0 saturated carbocycles. The number of aromatic nitrogens is 2. The van der Waals surface area contributed by atoms with E-state index in [9.17, 15) is 4.79 Å². The summed E-state index contributed by atoms with van der Waals surface area (Å²) in [6.07, 6.45) is 4.20. The van der Waals surface area contributed by atoms with Crippen molar-refractivity contribution >= 4 is 5.91 Å². The predicted octanol–water partition coefficient (Wildman–Crippen LogP) is 0.960. The molecule has 0 spiro atoms. The highest BCUT2D eigenvalue weighted by Gasteiger charge is 2.21. The van der Waals surface area contributed by atoms with Gasteiger partial charge in [-0.1, -0.05) is 20.8 Å². The first-order chi connectivity index (χ1) is 7.56. The molecule has 0 saturated heterocycles. The molecule has 0 aromatic carbocycles. The molecule has 5 nitrogen and oxygen atoms in total. The van der Waals surface area contributed by atoms with Crippen LogP contribution in [0.2, 0.25) is 0 Å². The number of nitrogens with one attached hydrogen (secondary N) is 2. The van der Waals surface area contributed by atoms with Crippen molar-refractivity contribution < 1.29 is 4.79 Å². The Labute approximate surface area is 95.8 Å². The van der Waals surface area contributed by atoms with Crippen LogP contribution in [0.5, 0.6) is 0 Å². The molecule has 0 radical (unpaired) electrons. The minimum absolute atomic E-state index is 0.0905. The summed E-state index contributed by atoms with van der Waals surface area (Å²) in [6.45, 7) is 5.85. The van der Waals surface area contributed by atoms with Gasteiger partial charge in [0.05, 0.1) is 12.1 Å². The van der Waals surface area contributed by atoms with E-state index in [0.29, 0.717) is 0 Å². The fraction of sp³-hybridized carbons (Fsp3) is 0.636. The summed E-state index contributed by atoms with van der Waals surface area (Å²) in [6, 6.07) is -0.559. The first-order valence-corrected chi connectivity index (χ1v) is 5.61. The van der Waals surface area contributed by atoms with Crippen LogP contribution in [0.3, 0.4) is 0 Å². The van der Waals surface area contributed by atoms with Crippen molar-refractivity contribution in [3.63, 3.8) is 0 Å². The van der Waals surface area contributed by atoms with E-state index in [1.54, 1.807) is 12.4 Å². The number of nitrogens with two attached hydrogens (primary N) is 1. The first kappa shape index (κ1) is 12.7. The van der Waals surface area contributed by atoms with Gasteiger partial charge in [-0.3, -0.25) is 4.79 Å². The number of aromatic amines is 1. The highest BCUT2D eigenvalue weighted by molar-refractivity contribution is 5.82. The molecule has 2 atom stereocenters. The van der Waals surface area contributed by atoms with Crippen LogP contribution in [0.15, 0.2) is 12.4 Å². The van der Waals surface area contributed by atoms with Crippen molar-refractivity contribution in [2.45, 2.75) is 39.3 Å². The topological polar surface area (TPSA) is 83.8 Å². The molecular formula is C11H20N4O. The second-order valence-electron chi connectivity index (χ2n) is 4.21. The van der Waals surface area contributed by atoms with Crippen LogP contribution < -0.4 is 11.1 Å². The summed E-state index contributed by atoms with van der Waals surface area (Å²) in [5.74, 6) is 0.777. The molecular weight excluding hydrogens is 204 g/mol. The van der Waals surface area contributed by atoms with E-state index in [2.05, 4.69) is 15.3 Å². The number of amides is 1. The van der Waals surface area contributed by atoms with Gasteiger partial charge in [-0.25, -0.2) is 4.98 Å². The molecule has 0 aliphatic heterocycles. The first-order valence-electron chi connectivity index (χ1n) is 5.61. The predicted molar refractivity (Wildman–Crippen MR) is 62.6 cm³/mol. The van der Waals surface area contributed by atoms with Crippen molar-refractivity contribution in [3.8, 4) is 0 Å². The largest absolute Gasteiger partial charge is 0.347 e. The number of nitrogens with zero attached hydrogens (tertiary/aromatic N) is 1. The summed E-state index contributed by atoms with van der Waals surface area (Å²) in [5, 5.41) is 2.89. The van der Waals surface area contributed by atoms with E-state index in [0.717, 1.165) is 12.2 Å². The van der Waals surface area contributed by atoms with E-state index in [4.69, 9.17) is 5.73 Å². The number of rotatable bonds is 5. The van der Waals surface area contributed by atoms with Crippen LogP contribution in [0, 0.1) is 5.92 Å². The van der Waals surface area contributed by atoms with Gasteiger partial charge in [-0.05, 0) is 12.3 Å². The van der Waals surface area contributed by atoms with Crippen LogP contribution in [0.1, 0.15) is 39.1 Å². The number of carbonyl (C=O) groups excluding carboxylic acids is 1. The Morgan fingerprint density at radius 3 is 2.75 bits per heavy atom. The number of H-pyrrole nitrogens is 1. The maximum absolute atomic E-state index is 11.8. The van der Waals surface area contributed by atoms with Gasteiger partial charge in [0, 0.05) is 12.4 Å². The minimum atomic E-state index is -0.469. The molecule has 5 heteroatoms. The highest BCUT2D eigenvalue weighted by Crippen LogP contribution is 2.12. The van der Waals surface area contributed by atoms with E-state index < -0.39 is 6.04 Å². The van der Waals surface area contributed by atoms with Gasteiger partial charge in [-0.15, -0.1) is 0 Å². The van der Waals surface area contributed by atoms with Crippen LogP contribution in [-0.2, 0) is 4.79 Å².